The van der Waals surface area contributed by atoms with Crippen LogP contribution in [0, 0.1) is 6.92 Å². The number of carbonyl (C=O) groups excluding carboxylic acids is 1. The Balaban J connectivity index is 1.34. The zero-order chi connectivity index (χ0) is 19.5. The number of aromatic nitrogens is 5. The molecule has 0 bridgehead atoms. The molecule has 10 nitrogen and oxygen atoms in total. The van der Waals surface area contributed by atoms with E-state index in [2.05, 4.69) is 47.4 Å². The highest BCUT2D eigenvalue weighted by Crippen LogP contribution is 2.22. The molecule has 28 heavy (non-hydrogen) atoms. The Morgan fingerprint density at radius 2 is 2.11 bits per heavy atom. The number of piperazine rings is 1. The van der Waals surface area contributed by atoms with Crippen LogP contribution >= 0.6 is 11.3 Å². The molecule has 1 fully saturated rings. The third kappa shape index (κ3) is 3.99. The summed E-state index contributed by atoms with van der Waals surface area (Å²) in [5.74, 6) is 1.91. The molecule has 3 aromatic heterocycles. The minimum absolute atomic E-state index is 0.0859. The fraction of sp³-hybridized carbons (Fsp3) is 0.412. The van der Waals surface area contributed by atoms with Gasteiger partial charge in [0.15, 0.2) is 5.82 Å². The fourth-order valence-corrected chi connectivity index (χ4v) is 3.52. The van der Waals surface area contributed by atoms with Gasteiger partial charge in [-0.15, -0.1) is 10.2 Å². The molecule has 0 aliphatic carbocycles. The summed E-state index contributed by atoms with van der Waals surface area (Å²) in [6.45, 7) is 7.29. The summed E-state index contributed by atoms with van der Waals surface area (Å²) < 4.78 is 5.29. The standard InChI is InChI=1S/C17H20N8O2S/c1-11(16-20-12(2)23-27-16)24-5-7-25(8-6-24)14-4-3-13(9-18-14)15(26)21-17-22-19-10-28-17/h3-4,9-11H,5-8H2,1-2H3,(H,21,22,26). The lowest BCUT2D eigenvalue weighted by molar-refractivity contribution is 0.102. The molecule has 1 atom stereocenters. The highest BCUT2D eigenvalue weighted by molar-refractivity contribution is 7.13. The molecule has 0 spiro atoms. The van der Waals surface area contributed by atoms with Gasteiger partial charge >= 0.3 is 0 Å². The SMILES string of the molecule is Cc1noc(C(C)N2CCN(c3ccc(C(=O)Nc4nncs4)cn3)CC2)n1. The number of carbonyl (C=O) groups is 1. The van der Waals surface area contributed by atoms with Gasteiger partial charge in [-0.3, -0.25) is 15.0 Å². The molecular formula is C17H20N8O2S. The number of anilines is 2. The van der Waals surface area contributed by atoms with E-state index >= 15 is 0 Å². The van der Waals surface area contributed by atoms with E-state index in [1.54, 1.807) is 17.8 Å². The number of nitrogens with one attached hydrogen (secondary N) is 1. The molecule has 1 N–H and O–H groups in total. The Bertz CT molecular complexity index is 919. The van der Waals surface area contributed by atoms with Crippen molar-refractivity contribution in [1.82, 2.24) is 30.2 Å². The number of nitrogens with zero attached hydrogens (tertiary/aromatic N) is 7. The Morgan fingerprint density at radius 3 is 2.71 bits per heavy atom. The summed E-state index contributed by atoms with van der Waals surface area (Å²) in [5.41, 5.74) is 2.05. The van der Waals surface area contributed by atoms with Crippen LogP contribution in [-0.2, 0) is 0 Å². The number of pyridine rings is 1. The van der Waals surface area contributed by atoms with Crippen molar-refractivity contribution in [1.29, 1.82) is 0 Å². The van der Waals surface area contributed by atoms with Crippen LogP contribution in [-0.4, -0.2) is 62.3 Å². The van der Waals surface area contributed by atoms with Gasteiger partial charge in [-0.1, -0.05) is 16.5 Å². The minimum atomic E-state index is -0.246. The van der Waals surface area contributed by atoms with Gasteiger partial charge in [0, 0.05) is 32.4 Å². The first-order valence-electron chi connectivity index (χ1n) is 8.93. The topological polar surface area (TPSA) is 113 Å². The maximum absolute atomic E-state index is 12.2. The van der Waals surface area contributed by atoms with E-state index < -0.39 is 0 Å². The minimum Gasteiger partial charge on any atom is -0.354 e. The van der Waals surface area contributed by atoms with E-state index in [1.165, 1.54) is 11.3 Å². The van der Waals surface area contributed by atoms with Crippen LogP contribution in [0.3, 0.4) is 0 Å². The first-order valence-corrected chi connectivity index (χ1v) is 9.81. The second-order valence-electron chi connectivity index (χ2n) is 6.48. The van der Waals surface area contributed by atoms with Crippen LogP contribution in [0.25, 0.3) is 0 Å². The lowest BCUT2D eigenvalue weighted by atomic mass is 10.2. The molecule has 1 amide bonds. The van der Waals surface area contributed by atoms with Crippen LogP contribution < -0.4 is 10.2 Å². The summed E-state index contributed by atoms with van der Waals surface area (Å²) in [4.78, 5) is 25.5. The summed E-state index contributed by atoms with van der Waals surface area (Å²) in [7, 11) is 0. The number of hydrogen-bond donors (Lipinski definition) is 1. The second-order valence-corrected chi connectivity index (χ2v) is 7.32. The zero-order valence-electron chi connectivity index (χ0n) is 15.6. The van der Waals surface area contributed by atoms with Gasteiger partial charge in [-0.25, -0.2) is 4.98 Å². The Labute approximate surface area is 165 Å². The van der Waals surface area contributed by atoms with E-state index in [0.29, 0.717) is 22.4 Å². The van der Waals surface area contributed by atoms with Gasteiger partial charge < -0.3 is 9.42 Å². The van der Waals surface area contributed by atoms with Crippen LogP contribution in [0.1, 0.15) is 35.0 Å². The van der Waals surface area contributed by atoms with Crippen molar-refractivity contribution in [3.05, 3.63) is 41.1 Å². The lowest BCUT2D eigenvalue weighted by Crippen LogP contribution is -2.47. The molecule has 4 heterocycles. The third-order valence-corrected chi connectivity index (χ3v) is 5.28. The summed E-state index contributed by atoms with van der Waals surface area (Å²) >= 11 is 1.27. The average molecular weight is 400 g/mol. The number of aryl methyl sites for hydroxylation is 1. The fourth-order valence-electron chi connectivity index (χ4n) is 3.08. The summed E-state index contributed by atoms with van der Waals surface area (Å²) in [6.07, 6.45) is 1.59. The van der Waals surface area contributed by atoms with Crippen molar-refractivity contribution in [2.45, 2.75) is 19.9 Å². The third-order valence-electron chi connectivity index (χ3n) is 4.68. The largest absolute Gasteiger partial charge is 0.354 e. The predicted molar refractivity (Wildman–Crippen MR) is 103 cm³/mol. The highest BCUT2D eigenvalue weighted by atomic mass is 32.1. The molecule has 146 valence electrons. The molecule has 0 radical (unpaired) electrons. The average Bonchev–Trinajstić information content (AvgIpc) is 3.39. The first-order chi connectivity index (χ1) is 13.6. The van der Waals surface area contributed by atoms with E-state index in [9.17, 15) is 4.79 Å². The Hall–Kier alpha value is -2.92. The van der Waals surface area contributed by atoms with Gasteiger partial charge in [0.2, 0.25) is 11.0 Å². The van der Waals surface area contributed by atoms with Crippen LogP contribution in [0.5, 0.6) is 0 Å². The normalized spacial score (nSPS) is 16.1. The van der Waals surface area contributed by atoms with Gasteiger partial charge in [0.05, 0.1) is 11.6 Å². The molecule has 1 aliphatic heterocycles. The van der Waals surface area contributed by atoms with Gasteiger partial charge in [-0.05, 0) is 26.0 Å². The van der Waals surface area contributed by atoms with Crippen LogP contribution in [0.15, 0.2) is 28.4 Å². The van der Waals surface area contributed by atoms with E-state index in [4.69, 9.17) is 4.52 Å². The first kappa shape index (κ1) is 18.4. The maximum Gasteiger partial charge on any atom is 0.259 e. The Morgan fingerprint density at radius 1 is 1.29 bits per heavy atom. The van der Waals surface area contributed by atoms with Gasteiger partial charge in [0.25, 0.3) is 5.91 Å². The predicted octanol–water partition coefficient (Wildman–Crippen LogP) is 1.76. The van der Waals surface area contributed by atoms with Gasteiger partial charge in [-0.2, -0.15) is 4.98 Å². The Kier molecular flexibility index (Phi) is 5.26. The molecule has 3 aromatic rings. The van der Waals surface area contributed by atoms with E-state index in [-0.39, 0.29) is 11.9 Å². The zero-order valence-corrected chi connectivity index (χ0v) is 16.4. The van der Waals surface area contributed by atoms with Crippen molar-refractivity contribution in [3.8, 4) is 0 Å². The molecule has 1 aliphatic rings. The quantitative estimate of drug-likeness (QED) is 0.684. The highest BCUT2D eigenvalue weighted by Gasteiger charge is 2.26. The second kappa shape index (κ2) is 7.98. The van der Waals surface area contributed by atoms with Crippen molar-refractivity contribution in [2.75, 3.05) is 36.4 Å². The van der Waals surface area contributed by atoms with Crippen LogP contribution in [0.2, 0.25) is 0 Å². The van der Waals surface area contributed by atoms with Crippen molar-refractivity contribution < 1.29 is 9.32 Å². The van der Waals surface area contributed by atoms with E-state index in [1.807, 2.05) is 13.0 Å². The molecule has 0 saturated carbocycles. The summed E-state index contributed by atoms with van der Waals surface area (Å²) in [5, 5.41) is 14.5. The molecular weight excluding hydrogens is 380 g/mol. The van der Waals surface area contributed by atoms with Crippen molar-refractivity contribution in [2.24, 2.45) is 0 Å². The van der Waals surface area contributed by atoms with Crippen molar-refractivity contribution >= 4 is 28.2 Å². The lowest BCUT2D eigenvalue weighted by Gasteiger charge is -2.37. The molecule has 11 heteroatoms. The van der Waals surface area contributed by atoms with Crippen LogP contribution in [0.4, 0.5) is 10.9 Å². The monoisotopic (exact) mass is 400 g/mol. The van der Waals surface area contributed by atoms with Gasteiger partial charge in [0.1, 0.15) is 11.3 Å². The smallest absolute Gasteiger partial charge is 0.259 e. The maximum atomic E-state index is 12.2. The molecule has 1 saturated heterocycles. The molecule has 1 unspecified atom stereocenters. The summed E-state index contributed by atoms with van der Waals surface area (Å²) in [6, 6.07) is 3.73. The number of hydrogen-bond acceptors (Lipinski definition) is 10. The number of rotatable bonds is 5. The molecule has 4 rings (SSSR count). The molecule has 0 aromatic carbocycles. The number of amides is 1. The van der Waals surface area contributed by atoms with Crippen molar-refractivity contribution in [3.63, 3.8) is 0 Å². The van der Waals surface area contributed by atoms with E-state index in [0.717, 1.165) is 32.0 Å².